The Morgan fingerprint density at radius 2 is 1.76 bits per heavy atom. The van der Waals surface area contributed by atoms with Crippen molar-refractivity contribution in [1.82, 2.24) is 5.32 Å². The van der Waals surface area contributed by atoms with Crippen molar-refractivity contribution in [3.05, 3.63) is 29.8 Å². The van der Waals surface area contributed by atoms with Gasteiger partial charge in [0.25, 0.3) is 5.91 Å². The Kier molecular flexibility index (Phi) is 7.58. The molecule has 0 aliphatic heterocycles. The van der Waals surface area contributed by atoms with Crippen LogP contribution in [0.3, 0.4) is 0 Å². The molecule has 0 saturated carbocycles. The van der Waals surface area contributed by atoms with Crippen LogP contribution in [0.5, 0.6) is 0 Å². The van der Waals surface area contributed by atoms with Gasteiger partial charge in [-0.15, -0.1) is 0 Å². The minimum atomic E-state index is -1.24. The molecule has 25 heavy (non-hydrogen) atoms. The van der Waals surface area contributed by atoms with E-state index in [1.54, 1.807) is 13.8 Å². The fourth-order valence-corrected chi connectivity index (χ4v) is 2.11. The second-order valence-corrected chi connectivity index (χ2v) is 5.51. The first-order valence-electron chi connectivity index (χ1n) is 7.82. The van der Waals surface area contributed by atoms with Gasteiger partial charge in [0.1, 0.15) is 6.04 Å². The van der Waals surface area contributed by atoms with Crippen LogP contribution >= 0.6 is 0 Å². The first-order chi connectivity index (χ1) is 11.7. The van der Waals surface area contributed by atoms with Crippen LogP contribution < -0.4 is 10.6 Å². The van der Waals surface area contributed by atoms with Crippen molar-refractivity contribution in [3.8, 4) is 0 Å². The highest BCUT2D eigenvalue weighted by Gasteiger charge is 2.26. The molecule has 8 nitrogen and oxygen atoms in total. The number of anilines is 1. The van der Waals surface area contributed by atoms with E-state index in [9.17, 15) is 24.3 Å². The van der Waals surface area contributed by atoms with Crippen LogP contribution in [0.25, 0.3) is 0 Å². The van der Waals surface area contributed by atoms with Gasteiger partial charge in [-0.05, 0) is 37.6 Å². The Bertz CT molecular complexity index is 641. The lowest BCUT2D eigenvalue weighted by Crippen LogP contribution is -2.42. The molecule has 2 amide bonds. The minimum absolute atomic E-state index is 0.0795. The number of aliphatic carboxylic acids is 1. The van der Waals surface area contributed by atoms with Crippen molar-refractivity contribution in [1.29, 1.82) is 0 Å². The van der Waals surface area contributed by atoms with Gasteiger partial charge >= 0.3 is 11.9 Å². The second kappa shape index (κ2) is 9.41. The van der Waals surface area contributed by atoms with Gasteiger partial charge in [0.2, 0.25) is 5.91 Å². The lowest BCUT2D eigenvalue weighted by atomic mass is 10.0. The predicted molar refractivity (Wildman–Crippen MR) is 90.0 cm³/mol. The van der Waals surface area contributed by atoms with E-state index in [1.165, 1.54) is 31.2 Å². The summed E-state index contributed by atoms with van der Waals surface area (Å²) in [7, 11) is 0. The van der Waals surface area contributed by atoms with E-state index in [-0.39, 0.29) is 24.5 Å². The molecule has 3 N–H and O–H groups in total. The van der Waals surface area contributed by atoms with Crippen LogP contribution in [0.1, 0.15) is 37.6 Å². The van der Waals surface area contributed by atoms with E-state index in [2.05, 4.69) is 10.6 Å². The van der Waals surface area contributed by atoms with Crippen LogP contribution in [0.2, 0.25) is 0 Å². The molecule has 1 rings (SSSR count). The Morgan fingerprint density at radius 3 is 2.24 bits per heavy atom. The molecule has 1 aromatic carbocycles. The van der Waals surface area contributed by atoms with Crippen molar-refractivity contribution in [2.45, 2.75) is 33.2 Å². The fourth-order valence-electron chi connectivity index (χ4n) is 2.11. The van der Waals surface area contributed by atoms with Gasteiger partial charge < -0.3 is 20.5 Å². The Balaban J connectivity index is 2.74. The molecular formula is C17H22N2O6. The Morgan fingerprint density at radius 1 is 1.16 bits per heavy atom. The number of hydrogen-bond acceptors (Lipinski definition) is 5. The molecular weight excluding hydrogens is 328 g/mol. The topological polar surface area (TPSA) is 122 Å². The highest BCUT2D eigenvalue weighted by molar-refractivity contribution is 5.97. The zero-order chi connectivity index (χ0) is 19.0. The van der Waals surface area contributed by atoms with Crippen LogP contribution in [-0.4, -0.2) is 41.5 Å². The summed E-state index contributed by atoms with van der Waals surface area (Å²) in [6.45, 7) is 4.77. The van der Waals surface area contributed by atoms with E-state index >= 15 is 0 Å². The maximum Gasteiger partial charge on any atom is 0.326 e. The normalized spacial score (nSPS) is 12.6. The zero-order valence-corrected chi connectivity index (χ0v) is 14.4. The Labute approximate surface area is 145 Å². The number of amides is 2. The molecule has 0 radical (unpaired) electrons. The first-order valence-corrected chi connectivity index (χ1v) is 7.82. The maximum atomic E-state index is 12.2. The average Bonchev–Trinajstić information content (AvgIpc) is 2.54. The molecule has 0 unspecified atom stereocenters. The smallest absolute Gasteiger partial charge is 0.326 e. The van der Waals surface area contributed by atoms with Crippen molar-refractivity contribution in [2.24, 2.45) is 5.92 Å². The molecule has 0 aliphatic carbocycles. The molecule has 1 aromatic rings. The summed E-state index contributed by atoms with van der Waals surface area (Å²) in [5.41, 5.74) is 0.763. The predicted octanol–water partition coefficient (Wildman–Crippen LogP) is 1.42. The summed E-state index contributed by atoms with van der Waals surface area (Å²) in [5.74, 6) is -3.24. The number of carboxylic acid groups (broad SMARTS) is 1. The second-order valence-electron chi connectivity index (χ2n) is 5.51. The summed E-state index contributed by atoms with van der Waals surface area (Å²) in [4.78, 5) is 46.1. The van der Waals surface area contributed by atoms with Gasteiger partial charge in [-0.2, -0.15) is 0 Å². The van der Waals surface area contributed by atoms with Gasteiger partial charge in [0, 0.05) is 18.2 Å². The standard InChI is InChI=1S/C17H22N2O6/c1-4-25-17(24)10(2)9-14(16(22)23)19-15(21)12-5-7-13(8-6-12)18-11(3)20/h5-8,10,14H,4,9H2,1-3H3,(H,18,20)(H,19,21)(H,22,23)/t10-,14+/m1/s1. The highest BCUT2D eigenvalue weighted by Crippen LogP contribution is 2.12. The van der Waals surface area contributed by atoms with Gasteiger partial charge in [0.05, 0.1) is 12.5 Å². The monoisotopic (exact) mass is 350 g/mol. The van der Waals surface area contributed by atoms with Crippen LogP contribution in [-0.2, 0) is 19.1 Å². The van der Waals surface area contributed by atoms with Crippen LogP contribution in [0.15, 0.2) is 24.3 Å². The number of carboxylic acids is 1. The molecule has 8 heteroatoms. The summed E-state index contributed by atoms with van der Waals surface area (Å²) in [6, 6.07) is 4.78. The zero-order valence-electron chi connectivity index (χ0n) is 14.4. The van der Waals surface area contributed by atoms with Gasteiger partial charge in [-0.3, -0.25) is 14.4 Å². The lowest BCUT2D eigenvalue weighted by Gasteiger charge is -2.18. The average molecular weight is 350 g/mol. The number of hydrogen-bond donors (Lipinski definition) is 3. The van der Waals surface area contributed by atoms with Gasteiger partial charge in [-0.1, -0.05) is 6.92 Å². The van der Waals surface area contributed by atoms with Crippen molar-refractivity contribution < 1.29 is 29.0 Å². The van der Waals surface area contributed by atoms with Gasteiger partial charge in [-0.25, -0.2) is 4.79 Å². The highest BCUT2D eigenvalue weighted by atomic mass is 16.5. The molecule has 0 heterocycles. The first kappa shape index (κ1) is 20.1. The largest absolute Gasteiger partial charge is 0.480 e. The molecule has 0 bridgehead atoms. The number of benzene rings is 1. The molecule has 136 valence electrons. The van der Waals surface area contributed by atoms with E-state index in [0.29, 0.717) is 5.69 Å². The van der Waals surface area contributed by atoms with Gasteiger partial charge in [0.15, 0.2) is 0 Å². The van der Waals surface area contributed by atoms with E-state index < -0.39 is 29.8 Å². The number of nitrogens with one attached hydrogen (secondary N) is 2. The third kappa shape index (κ3) is 6.62. The third-order valence-electron chi connectivity index (χ3n) is 3.35. The molecule has 2 atom stereocenters. The van der Waals surface area contributed by atoms with Crippen molar-refractivity contribution >= 4 is 29.4 Å². The molecule has 0 aromatic heterocycles. The molecule has 0 saturated heterocycles. The van der Waals surface area contributed by atoms with E-state index in [0.717, 1.165) is 0 Å². The van der Waals surface area contributed by atoms with E-state index in [1.807, 2.05) is 0 Å². The van der Waals surface area contributed by atoms with Crippen molar-refractivity contribution in [2.75, 3.05) is 11.9 Å². The molecule has 0 spiro atoms. The minimum Gasteiger partial charge on any atom is -0.480 e. The Hall–Kier alpha value is -2.90. The third-order valence-corrected chi connectivity index (χ3v) is 3.35. The number of carbonyl (C=O) groups excluding carboxylic acids is 3. The number of ether oxygens (including phenoxy) is 1. The molecule has 0 fully saturated rings. The quantitative estimate of drug-likeness (QED) is 0.610. The number of esters is 1. The number of rotatable bonds is 8. The number of carbonyl (C=O) groups is 4. The SMILES string of the molecule is CCOC(=O)[C@H](C)C[C@H](NC(=O)c1ccc(NC(C)=O)cc1)C(=O)O. The van der Waals surface area contributed by atoms with Crippen LogP contribution in [0.4, 0.5) is 5.69 Å². The van der Waals surface area contributed by atoms with Crippen molar-refractivity contribution in [3.63, 3.8) is 0 Å². The summed E-state index contributed by atoms with van der Waals surface area (Å²) >= 11 is 0. The van der Waals surface area contributed by atoms with E-state index in [4.69, 9.17) is 4.74 Å². The fraction of sp³-hybridized carbons (Fsp3) is 0.412. The molecule has 0 aliphatic rings. The lowest BCUT2D eigenvalue weighted by molar-refractivity contribution is -0.148. The summed E-state index contributed by atoms with van der Waals surface area (Å²) in [5, 5.41) is 14.2. The maximum absolute atomic E-state index is 12.2. The summed E-state index contributed by atoms with van der Waals surface area (Å²) < 4.78 is 4.84. The van der Waals surface area contributed by atoms with Crippen LogP contribution in [0, 0.1) is 5.92 Å². The summed E-state index contributed by atoms with van der Waals surface area (Å²) in [6.07, 6.45) is -0.0795.